The topological polar surface area (TPSA) is 35.5 Å². The van der Waals surface area contributed by atoms with E-state index in [0.717, 1.165) is 14.3 Å². The molecular formula is C19H19BrO3S2. The molecule has 0 amide bonds. The molecule has 6 heteroatoms. The minimum atomic E-state index is -0.0211. The maximum atomic E-state index is 13.2. The van der Waals surface area contributed by atoms with Gasteiger partial charge in [-0.25, -0.2) is 0 Å². The number of allylic oxidation sites excluding steroid dienone is 1. The Kier molecular flexibility index (Phi) is 7.47. The van der Waals surface area contributed by atoms with Gasteiger partial charge in [0.15, 0.2) is 17.3 Å². The van der Waals surface area contributed by atoms with Crippen LogP contribution in [0.1, 0.15) is 15.9 Å². The Morgan fingerprint density at radius 2 is 1.52 bits per heavy atom. The van der Waals surface area contributed by atoms with Gasteiger partial charge in [-0.1, -0.05) is 46.3 Å². The summed E-state index contributed by atoms with van der Waals surface area (Å²) < 4.78 is 12.5. The first-order chi connectivity index (χ1) is 12.1. The number of ether oxygens (including phenoxy) is 2. The van der Waals surface area contributed by atoms with Crippen LogP contribution in [0.5, 0.6) is 11.5 Å². The maximum Gasteiger partial charge on any atom is 0.195 e. The minimum Gasteiger partial charge on any atom is -0.493 e. The number of hydrogen-bond acceptors (Lipinski definition) is 5. The Balaban J connectivity index is 2.70. The van der Waals surface area contributed by atoms with E-state index in [2.05, 4.69) is 15.9 Å². The van der Waals surface area contributed by atoms with Crippen LogP contribution in [0.3, 0.4) is 0 Å². The number of Topliss-reactive ketones (excluding diaryl/α,β-unsaturated/α-hetero) is 1. The summed E-state index contributed by atoms with van der Waals surface area (Å²) in [5.74, 6) is 1.17. The third kappa shape index (κ3) is 4.43. The molecule has 0 fully saturated rings. The fourth-order valence-electron chi connectivity index (χ4n) is 2.39. The van der Waals surface area contributed by atoms with Crippen LogP contribution in [0, 0.1) is 0 Å². The summed E-state index contributed by atoms with van der Waals surface area (Å²) in [4.78, 5) is 13.2. The molecule has 0 radical (unpaired) electrons. The van der Waals surface area contributed by atoms with Crippen LogP contribution in [0.4, 0.5) is 0 Å². The van der Waals surface area contributed by atoms with Crippen LogP contribution in [0.25, 0.3) is 5.57 Å². The van der Waals surface area contributed by atoms with Crippen molar-refractivity contribution < 1.29 is 14.3 Å². The van der Waals surface area contributed by atoms with Crippen molar-refractivity contribution in [2.24, 2.45) is 0 Å². The van der Waals surface area contributed by atoms with Crippen molar-refractivity contribution in [1.29, 1.82) is 0 Å². The molecule has 0 aliphatic carbocycles. The molecule has 0 aliphatic rings. The number of halogens is 1. The van der Waals surface area contributed by atoms with Crippen molar-refractivity contribution in [3.05, 3.63) is 62.3 Å². The van der Waals surface area contributed by atoms with E-state index < -0.39 is 0 Å². The zero-order valence-corrected chi connectivity index (χ0v) is 17.7. The van der Waals surface area contributed by atoms with Gasteiger partial charge in [0.1, 0.15) is 0 Å². The van der Waals surface area contributed by atoms with Crippen molar-refractivity contribution in [2.75, 3.05) is 26.7 Å². The van der Waals surface area contributed by atoms with Gasteiger partial charge in [0.2, 0.25) is 0 Å². The third-order valence-corrected chi connectivity index (χ3v) is 6.39. The van der Waals surface area contributed by atoms with Crippen molar-refractivity contribution in [1.82, 2.24) is 0 Å². The Labute approximate surface area is 165 Å². The second-order valence-electron chi connectivity index (χ2n) is 4.95. The zero-order chi connectivity index (χ0) is 18.4. The summed E-state index contributed by atoms with van der Waals surface area (Å²) >= 11 is 6.69. The molecule has 2 rings (SSSR count). The Morgan fingerprint density at radius 1 is 0.960 bits per heavy atom. The molecule has 0 aliphatic heterocycles. The predicted octanol–water partition coefficient (Wildman–Crippen LogP) is 5.74. The van der Waals surface area contributed by atoms with Gasteiger partial charge in [-0.3, -0.25) is 4.79 Å². The van der Waals surface area contributed by atoms with Gasteiger partial charge in [0.05, 0.1) is 24.0 Å². The molecule has 0 heterocycles. The molecule has 2 aromatic carbocycles. The number of benzene rings is 2. The first-order valence-corrected chi connectivity index (χ1v) is 10.7. The fraction of sp³-hybridized carbons (Fsp3) is 0.211. The van der Waals surface area contributed by atoms with Crippen LogP contribution in [0.2, 0.25) is 0 Å². The second kappa shape index (κ2) is 9.36. The molecule has 0 saturated heterocycles. The molecule has 0 unspecified atom stereocenters. The van der Waals surface area contributed by atoms with Crippen molar-refractivity contribution >= 4 is 50.8 Å². The maximum absolute atomic E-state index is 13.2. The monoisotopic (exact) mass is 438 g/mol. The number of ketones is 1. The van der Waals surface area contributed by atoms with Crippen molar-refractivity contribution in [2.45, 2.75) is 0 Å². The van der Waals surface area contributed by atoms with Gasteiger partial charge in [-0.05, 0) is 24.6 Å². The summed E-state index contributed by atoms with van der Waals surface area (Å²) in [5, 5.41) is 0. The molecule has 2 aromatic rings. The lowest BCUT2D eigenvalue weighted by molar-refractivity contribution is 0.105. The number of carbonyl (C=O) groups is 1. The van der Waals surface area contributed by atoms with Crippen LogP contribution >= 0.6 is 39.5 Å². The Hall–Kier alpha value is -1.37. The van der Waals surface area contributed by atoms with Gasteiger partial charge < -0.3 is 9.47 Å². The molecule has 132 valence electrons. The average molecular weight is 439 g/mol. The van der Waals surface area contributed by atoms with Gasteiger partial charge in [0.25, 0.3) is 0 Å². The van der Waals surface area contributed by atoms with Gasteiger partial charge in [-0.2, -0.15) is 0 Å². The highest BCUT2D eigenvalue weighted by Crippen LogP contribution is 2.42. The summed E-state index contributed by atoms with van der Waals surface area (Å²) in [6, 6.07) is 13.0. The largest absolute Gasteiger partial charge is 0.493 e. The molecule has 0 N–H and O–H groups in total. The smallest absolute Gasteiger partial charge is 0.195 e. The number of thioether (sulfide) groups is 2. The lowest BCUT2D eigenvalue weighted by Crippen LogP contribution is -2.06. The van der Waals surface area contributed by atoms with E-state index in [0.29, 0.717) is 22.6 Å². The average Bonchev–Trinajstić information content (AvgIpc) is 2.66. The summed E-state index contributed by atoms with van der Waals surface area (Å²) in [7, 11) is 3.17. The number of hydrogen-bond donors (Lipinski definition) is 0. The highest BCUT2D eigenvalue weighted by atomic mass is 79.9. The van der Waals surface area contributed by atoms with E-state index in [4.69, 9.17) is 9.47 Å². The van der Waals surface area contributed by atoms with Gasteiger partial charge in [-0.15, -0.1) is 23.5 Å². The number of methoxy groups -OCH3 is 2. The molecule has 0 aromatic heterocycles. The molecular weight excluding hydrogens is 420 g/mol. The second-order valence-corrected chi connectivity index (χ2v) is 7.70. The molecule has 0 saturated carbocycles. The molecule has 3 nitrogen and oxygen atoms in total. The lowest BCUT2D eigenvalue weighted by Gasteiger charge is -2.16. The van der Waals surface area contributed by atoms with E-state index in [1.807, 2.05) is 55.0 Å². The van der Waals surface area contributed by atoms with Crippen molar-refractivity contribution in [3.8, 4) is 11.5 Å². The normalized spacial score (nSPS) is 10.3. The number of carbonyl (C=O) groups excluding carboxylic acids is 1. The highest BCUT2D eigenvalue weighted by molar-refractivity contribution is 9.10. The molecule has 0 spiro atoms. The summed E-state index contributed by atoms with van der Waals surface area (Å²) in [6.45, 7) is 0. The first kappa shape index (κ1) is 19.9. The van der Waals surface area contributed by atoms with Crippen LogP contribution in [-0.4, -0.2) is 32.5 Å². The van der Waals surface area contributed by atoms with E-state index in [1.165, 1.54) is 0 Å². The SMILES string of the molecule is COc1cc(Br)c(C(C(=O)c2ccccc2)=C(SC)SC)cc1OC. The van der Waals surface area contributed by atoms with Gasteiger partial charge >= 0.3 is 0 Å². The Morgan fingerprint density at radius 3 is 2.04 bits per heavy atom. The molecule has 25 heavy (non-hydrogen) atoms. The summed E-state index contributed by atoms with van der Waals surface area (Å²) in [5.41, 5.74) is 2.09. The van der Waals surface area contributed by atoms with Crippen LogP contribution in [-0.2, 0) is 0 Å². The fourth-order valence-corrected chi connectivity index (χ4v) is 4.39. The first-order valence-electron chi connectivity index (χ1n) is 7.41. The summed E-state index contributed by atoms with van der Waals surface area (Å²) in [6.07, 6.45) is 3.94. The number of rotatable bonds is 7. The lowest BCUT2D eigenvalue weighted by atomic mass is 9.97. The Bertz CT molecular complexity index is 783. The zero-order valence-electron chi connectivity index (χ0n) is 14.5. The van der Waals surface area contributed by atoms with Crippen LogP contribution in [0.15, 0.2) is 51.2 Å². The highest BCUT2D eigenvalue weighted by Gasteiger charge is 2.23. The predicted molar refractivity (Wildman–Crippen MR) is 112 cm³/mol. The van der Waals surface area contributed by atoms with E-state index >= 15 is 0 Å². The standard InChI is InChI=1S/C19H19BrO3S2/c1-22-15-10-13(14(20)11-16(15)23-2)17(19(24-3)25-4)18(21)12-8-6-5-7-9-12/h5-11H,1-4H3. The van der Waals surface area contributed by atoms with E-state index in [9.17, 15) is 4.79 Å². The van der Waals surface area contributed by atoms with Crippen LogP contribution < -0.4 is 9.47 Å². The molecule has 0 bridgehead atoms. The van der Waals surface area contributed by atoms with E-state index in [1.54, 1.807) is 37.7 Å². The third-order valence-electron chi connectivity index (χ3n) is 3.58. The van der Waals surface area contributed by atoms with Gasteiger partial charge in [0, 0.05) is 15.6 Å². The van der Waals surface area contributed by atoms with E-state index in [-0.39, 0.29) is 5.78 Å². The van der Waals surface area contributed by atoms with Crippen molar-refractivity contribution in [3.63, 3.8) is 0 Å². The minimum absolute atomic E-state index is 0.0211. The quantitative estimate of drug-likeness (QED) is 0.406. The molecule has 0 atom stereocenters.